The third-order valence-electron chi connectivity index (χ3n) is 4.90. The molecule has 130 valence electrons. The summed E-state index contributed by atoms with van der Waals surface area (Å²) in [5.74, 6) is -0.0499. The molecule has 1 aromatic rings. The molecule has 1 aromatic carbocycles. The number of sulfonamides is 1. The molecule has 0 amide bonds. The Hall–Kier alpha value is -1.42. The first-order chi connectivity index (χ1) is 11.6. The van der Waals surface area contributed by atoms with Crippen LogP contribution in [0, 0.1) is 11.3 Å². The second-order valence-corrected chi connectivity index (χ2v) is 8.63. The number of nitrogens with zero attached hydrogens (tertiary/aromatic N) is 2. The van der Waals surface area contributed by atoms with Gasteiger partial charge in [-0.3, -0.25) is 0 Å². The number of hydrogen-bond donors (Lipinski definition) is 0. The number of hydrogen-bond acceptors (Lipinski definition) is 4. The molecule has 5 nitrogen and oxygen atoms in total. The summed E-state index contributed by atoms with van der Waals surface area (Å²) >= 11 is 0. The van der Waals surface area contributed by atoms with E-state index in [-0.39, 0.29) is 17.9 Å². The van der Waals surface area contributed by atoms with Crippen LogP contribution in [0.2, 0.25) is 0 Å². The Balaban J connectivity index is 1.79. The van der Waals surface area contributed by atoms with E-state index in [2.05, 4.69) is 6.07 Å². The average Bonchev–Trinajstić information content (AvgIpc) is 3.25. The Morgan fingerprint density at radius 1 is 1.21 bits per heavy atom. The fourth-order valence-corrected chi connectivity index (χ4v) is 5.52. The van der Waals surface area contributed by atoms with Crippen LogP contribution in [0.4, 0.5) is 0 Å². The van der Waals surface area contributed by atoms with Gasteiger partial charge in [-0.25, -0.2) is 8.42 Å². The number of ether oxygens (including phenoxy) is 1. The van der Waals surface area contributed by atoms with Gasteiger partial charge in [-0.15, -0.1) is 0 Å². The maximum absolute atomic E-state index is 13.1. The second kappa shape index (κ2) is 7.64. The van der Waals surface area contributed by atoms with Crippen LogP contribution >= 0.6 is 0 Å². The van der Waals surface area contributed by atoms with Crippen LogP contribution in [0.15, 0.2) is 24.3 Å². The molecule has 3 rings (SSSR count). The lowest BCUT2D eigenvalue weighted by Gasteiger charge is -2.30. The lowest BCUT2D eigenvalue weighted by Crippen LogP contribution is -2.43. The molecule has 0 unspecified atom stereocenters. The van der Waals surface area contributed by atoms with Crippen LogP contribution in [0.3, 0.4) is 0 Å². The first kappa shape index (κ1) is 17.4. The topological polar surface area (TPSA) is 70.4 Å². The van der Waals surface area contributed by atoms with E-state index in [1.54, 1.807) is 28.6 Å². The Morgan fingerprint density at radius 2 is 2.00 bits per heavy atom. The first-order valence-electron chi connectivity index (χ1n) is 8.68. The van der Waals surface area contributed by atoms with Crippen LogP contribution in [0.5, 0.6) is 0 Å². The summed E-state index contributed by atoms with van der Waals surface area (Å²) in [6.45, 7) is 1.19. The summed E-state index contributed by atoms with van der Waals surface area (Å²) in [7, 11) is -3.43. The van der Waals surface area contributed by atoms with Gasteiger partial charge in [0.2, 0.25) is 10.0 Å². The zero-order chi connectivity index (χ0) is 17.0. The van der Waals surface area contributed by atoms with Gasteiger partial charge in [0.15, 0.2) is 0 Å². The van der Waals surface area contributed by atoms with Crippen molar-refractivity contribution in [1.82, 2.24) is 4.31 Å². The Morgan fingerprint density at radius 3 is 2.67 bits per heavy atom. The predicted molar refractivity (Wildman–Crippen MR) is 91.7 cm³/mol. The minimum absolute atomic E-state index is 0.0193. The maximum Gasteiger partial charge on any atom is 0.218 e. The van der Waals surface area contributed by atoms with E-state index in [1.807, 2.05) is 0 Å². The van der Waals surface area contributed by atoms with Crippen molar-refractivity contribution in [2.24, 2.45) is 0 Å². The van der Waals surface area contributed by atoms with Crippen molar-refractivity contribution < 1.29 is 13.2 Å². The van der Waals surface area contributed by atoms with Crippen molar-refractivity contribution in [2.75, 3.05) is 13.2 Å². The van der Waals surface area contributed by atoms with Gasteiger partial charge in [0, 0.05) is 19.2 Å². The second-order valence-electron chi connectivity index (χ2n) is 6.71. The Kier molecular flexibility index (Phi) is 5.54. The average molecular weight is 348 g/mol. The lowest BCUT2D eigenvalue weighted by molar-refractivity contribution is 0.0861. The predicted octanol–water partition coefficient (Wildman–Crippen LogP) is 2.81. The maximum atomic E-state index is 13.1. The molecule has 2 aliphatic rings. The molecule has 0 spiro atoms. The van der Waals surface area contributed by atoms with E-state index >= 15 is 0 Å². The molecular formula is C18H24N2O3S. The summed E-state index contributed by atoms with van der Waals surface area (Å²) in [6, 6.07) is 9.03. The molecule has 1 saturated heterocycles. The molecule has 1 atom stereocenters. The molecule has 6 heteroatoms. The number of nitriles is 1. The van der Waals surface area contributed by atoms with Gasteiger partial charge >= 0.3 is 0 Å². The highest BCUT2D eigenvalue weighted by Crippen LogP contribution is 2.29. The van der Waals surface area contributed by atoms with Crippen LogP contribution in [-0.4, -0.2) is 38.0 Å². The van der Waals surface area contributed by atoms with Crippen molar-refractivity contribution in [3.8, 4) is 6.07 Å². The van der Waals surface area contributed by atoms with Crippen LogP contribution < -0.4 is 0 Å². The summed E-state index contributed by atoms with van der Waals surface area (Å²) in [5.41, 5.74) is 1.17. The van der Waals surface area contributed by atoms with Gasteiger partial charge in [-0.1, -0.05) is 25.0 Å². The molecule has 0 bridgehead atoms. The molecule has 2 fully saturated rings. The van der Waals surface area contributed by atoms with E-state index in [1.165, 1.54) is 0 Å². The van der Waals surface area contributed by atoms with E-state index in [0.717, 1.165) is 45.1 Å². The third-order valence-corrected chi connectivity index (χ3v) is 6.76. The number of rotatable bonds is 6. The molecule has 1 heterocycles. The first-order valence-corrected chi connectivity index (χ1v) is 10.3. The fraction of sp³-hybridized carbons (Fsp3) is 0.611. The van der Waals surface area contributed by atoms with E-state index in [4.69, 9.17) is 10.00 Å². The van der Waals surface area contributed by atoms with E-state index in [9.17, 15) is 8.42 Å². The number of benzene rings is 1. The largest absolute Gasteiger partial charge is 0.377 e. The molecular weight excluding hydrogens is 324 g/mol. The summed E-state index contributed by atoms with van der Waals surface area (Å²) < 4.78 is 33.5. The highest BCUT2D eigenvalue weighted by atomic mass is 32.2. The summed E-state index contributed by atoms with van der Waals surface area (Å²) in [4.78, 5) is 0. The van der Waals surface area contributed by atoms with Gasteiger partial charge in [0.1, 0.15) is 0 Å². The normalized spacial score (nSPS) is 22.1. The molecule has 1 saturated carbocycles. The van der Waals surface area contributed by atoms with Crippen LogP contribution in [0.1, 0.15) is 49.7 Å². The fourth-order valence-electron chi connectivity index (χ4n) is 3.70. The van der Waals surface area contributed by atoms with Gasteiger partial charge in [0.25, 0.3) is 0 Å². The quantitative estimate of drug-likeness (QED) is 0.792. The molecule has 0 N–H and O–H groups in total. The smallest absolute Gasteiger partial charge is 0.218 e. The van der Waals surface area contributed by atoms with Crippen molar-refractivity contribution >= 4 is 10.0 Å². The SMILES string of the molecule is N#Cc1cccc(CS(=O)(=O)N(C[C@@H]2CCCO2)C2CCCC2)c1. The van der Waals surface area contributed by atoms with Gasteiger partial charge < -0.3 is 4.74 Å². The summed E-state index contributed by atoms with van der Waals surface area (Å²) in [6.07, 6.45) is 6.01. The minimum Gasteiger partial charge on any atom is -0.377 e. The van der Waals surface area contributed by atoms with Crippen molar-refractivity contribution in [3.05, 3.63) is 35.4 Å². The monoisotopic (exact) mass is 348 g/mol. The Bertz CT molecular complexity index is 699. The third kappa shape index (κ3) is 4.15. The minimum atomic E-state index is -3.43. The van der Waals surface area contributed by atoms with E-state index in [0.29, 0.717) is 17.7 Å². The van der Waals surface area contributed by atoms with Gasteiger partial charge in [0.05, 0.1) is 23.5 Å². The highest BCUT2D eigenvalue weighted by Gasteiger charge is 2.34. The van der Waals surface area contributed by atoms with Gasteiger partial charge in [-0.05, 0) is 43.4 Å². The molecule has 24 heavy (non-hydrogen) atoms. The van der Waals surface area contributed by atoms with E-state index < -0.39 is 10.0 Å². The lowest BCUT2D eigenvalue weighted by atomic mass is 10.2. The molecule has 0 radical (unpaired) electrons. The van der Waals surface area contributed by atoms with Crippen molar-refractivity contribution in [2.45, 2.75) is 56.4 Å². The Labute approximate surface area is 144 Å². The van der Waals surface area contributed by atoms with Crippen molar-refractivity contribution in [1.29, 1.82) is 5.26 Å². The standard InChI is InChI=1S/C18H24N2O3S/c19-12-15-5-3-6-16(11-15)14-24(21,22)20(17-7-1-2-8-17)13-18-9-4-10-23-18/h3,5-6,11,17-18H,1-2,4,7-10,13-14H2/t18-/m0/s1. The van der Waals surface area contributed by atoms with Crippen molar-refractivity contribution in [3.63, 3.8) is 0 Å². The van der Waals surface area contributed by atoms with Crippen LogP contribution in [0.25, 0.3) is 0 Å². The molecule has 1 aliphatic heterocycles. The van der Waals surface area contributed by atoms with Crippen LogP contribution in [-0.2, 0) is 20.5 Å². The molecule has 0 aromatic heterocycles. The van der Waals surface area contributed by atoms with Gasteiger partial charge in [-0.2, -0.15) is 9.57 Å². The molecule has 1 aliphatic carbocycles. The summed E-state index contributed by atoms with van der Waals surface area (Å²) in [5, 5.41) is 9.01. The zero-order valence-electron chi connectivity index (χ0n) is 13.9. The highest BCUT2D eigenvalue weighted by molar-refractivity contribution is 7.88. The zero-order valence-corrected chi connectivity index (χ0v) is 14.7.